The van der Waals surface area contributed by atoms with Crippen LogP contribution in [0.25, 0.3) is 11.1 Å². The van der Waals surface area contributed by atoms with Crippen LogP contribution in [0.1, 0.15) is 0 Å². The van der Waals surface area contributed by atoms with Gasteiger partial charge in [-0.05, 0) is 53.6 Å². The van der Waals surface area contributed by atoms with Crippen LogP contribution in [0, 0.1) is 5.82 Å². The second kappa shape index (κ2) is 6.36. The molecule has 0 unspecified atom stereocenters. The van der Waals surface area contributed by atoms with Gasteiger partial charge in [0, 0.05) is 11.9 Å². The molecule has 0 saturated heterocycles. The smallest absolute Gasteiger partial charge is 0.141 e. The van der Waals surface area contributed by atoms with Crippen LogP contribution in [-0.2, 0) is 0 Å². The Morgan fingerprint density at radius 3 is 2.61 bits per heavy atom. The third-order valence-electron chi connectivity index (χ3n) is 3.42. The minimum Gasteiger partial charge on any atom is -0.495 e. The minimum atomic E-state index is -0.297. The Bertz CT molecular complexity index is 836. The van der Waals surface area contributed by atoms with E-state index in [2.05, 4.69) is 10.3 Å². The summed E-state index contributed by atoms with van der Waals surface area (Å²) in [4.78, 5) is 4.26. The van der Waals surface area contributed by atoms with Crippen LogP contribution in [0.5, 0.6) is 5.75 Å². The van der Waals surface area contributed by atoms with Gasteiger partial charge in [0.2, 0.25) is 0 Å². The van der Waals surface area contributed by atoms with Gasteiger partial charge >= 0.3 is 0 Å². The molecule has 0 aliphatic heterocycles. The molecule has 2 aromatic carbocycles. The van der Waals surface area contributed by atoms with Gasteiger partial charge in [-0.1, -0.05) is 12.1 Å². The molecule has 3 N–H and O–H groups in total. The second-order valence-electron chi connectivity index (χ2n) is 5.02. The molecule has 0 aliphatic rings. The number of nitrogen functional groups attached to an aromatic ring is 1. The van der Waals surface area contributed by atoms with Crippen molar-refractivity contribution in [2.45, 2.75) is 0 Å². The van der Waals surface area contributed by atoms with E-state index in [0.717, 1.165) is 11.1 Å². The number of ether oxygens (including phenoxy) is 1. The van der Waals surface area contributed by atoms with Crippen molar-refractivity contribution < 1.29 is 9.13 Å². The molecule has 0 aliphatic carbocycles. The summed E-state index contributed by atoms with van der Waals surface area (Å²) < 4.78 is 18.4. The molecule has 0 spiro atoms. The number of pyridine rings is 1. The van der Waals surface area contributed by atoms with Crippen molar-refractivity contribution in [1.29, 1.82) is 0 Å². The van der Waals surface area contributed by atoms with Crippen LogP contribution in [0.3, 0.4) is 0 Å². The standard InChI is InChI=1S/C18H16FN3O/c1-23-17-6-5-12(9-16(17)20)13-7-8-21-18(10-13)22-15-4-2-3-14(19)11-15/h2-11H,20H2,1H3,(H,21,22). The number of hydrogen-bond acceptors (Lipinski definition) is 4. The largest absolute Gasteiger partial charge is 0.495 e. The summed E-state index contributed by atoms with van der Waals surface area (Å²) >= 11 is 0. The Morgan fingerprint density at radius 2 is 1.87 bits per heavy atom. The van der Waals surface area contributed by atoms with Crippen LogP contribution >= 0.6 is 0 Å². The second-order valence-corrected chi connectivity index (χ2v) is 5.02. The number of hydrogen-bond donors (Lipinski definition) is 2. The highest BCUT2D eigenvalue weighted by molar-refractivity contribution is 5.73. The van der Waals surface area contributed by atoms with E-state index in [4.69, 9.17) is 10.5 Å². The maximum atomic E-state index is 13.2. The number of benzene rings is 2. The van der Waals surface area contributed by atoms with E-state index in [1.807, 2.05) is 30.3 Å². The average Bonchev–Trinajstić information content (AvgIpc) is 2.55. The first-order valence-electron chi connectivity index (χ1n) is 7.08. The fourth-order valence-electron chi connectivity index (χ4n) is 2.31. The van der Waals surface area contributed by atoms with Gasteiger partial charge in [0.25, 0.3) is 0 Å². The monoisotopic (exact) mass is 309 g/mol. The molecular weight excluding hydrogens is 293 g/mol. The maximum Gasteiger partial charge on any atom is 0.141 e. The number of nitrogens with two attached hydrogens (primary N) is 1. The van der Waals surface area contributed by atoms with Crippen molar-refractivity contribution >= 4 is 17.2 Å². The number of nitrogens with zero attached hydrogens (tertiary/aromatic N) is 1. The SMILES string of the molecule is COc1ccc(-c2ccnc(Nc3cccc(F)c3)c2)cc1N. The first kappa shape index (κ1) is 14.8. The molecule has 3 rings (SSSR count). The lowest BCUT2D eigenvalue weighted by Crippen LogP contribution is -1.95. The summed E-state index contributed by atoms with van der Waals surface area (Å²) in [5.74, 6) is 0.970. The fourth-order valence-corrected chi connectivity index (χ4v) is 2.31. The maximum absolute atomic E-state index is 13.2. The molecule has 0 atom stereocenters. The van der Waals surface area contributed by atoms with Gasteiger partial charge in [0.05, 0.1) is 12.8 Å². The predicted molar refractivity (Wildman–Crippen MR) is 90.3 cm³/mol. The van der Waals surface area contributed by atoms with Crippen LogP contribution in [0.2, 0.25) is 0 Å². The van der Waals surface area contributed by atoms with Crippen molar-refractivity contribution in [1.82, 2.24) is 4.98 Å². The lowest BCUT2D eigenvalue weighted by molar-refractivity contribution is 0.417. The Labute approximate surface area is 133 Å². The number of halogens is 1. The van der Waals surface area contributed by atoms with Crippen LogP contribution in [0.15, 0.2) is 60.8 Å². The van der Waals surface area contributed by atoms with Crippen LogP contribution in [-0.4, -0.2) is 12.1 Å². The fraction of sp³-hybridized carbons (Fsp3) is 0.0556. The number of rotatable bonds is 4. The van der Waals surface area contributed by atoms with E-state index in [0.29, 0.717) is 22.9 Å². The van der Waals surface area contributed by atoms with Gasteiger partial charge in [0.1, 0.15) is 17.4 Å². The first-order valence-corrected chi connectivity index (χ1v) is 7.08. The molecule has 5 heteroatoms. The average molecular weight is 309 g/mol. The quantitative estimate of drug-likeness (QED) is 0.708. The normalized spacial score (nSPS) is 10.3. The number of methoxy groups -OCH3 is 1. The molecule has 23 heavy (non-hydrogen) atoms. The lowest BCUT2D eigenvalue weighted by Gasteiger charge is -2.10. The van der Waals surface area contributed by atoms with Crippen molar-refractivity contribution in [2.24, 2.45) is 0 Å². The van der Waals surface area contributed by atoms with Gasteiger partial charge in [-0.3, -0.25) is 0 Å². The van der Waals surface area contributed by atoms with Gasteiger partial charge in [-0.15, -0.1) is 0 Å². The summed E-state index contributed by atoms with van der Waals surface area (Å²) in [7, 11) is 1.58. The number of anilines is 3. The van der Waals surface area contributed by atoms with Crippen molar-refractivity contribution in [3.8, 4) is 16.9 Å². The van der Waals surface area contributed by atoms with Crippen LogP contribution in [0.4, 0.5) is 21.6 Å². The van der Waals surface area contributed by atoms with Gasteiger partial charge in [-0.2, -0.15) is 0 Å². The predicted octanol–water partition coefficient (Wildman–Crippen LogP) is 4.22. The van der Waals surface area contributed by atoms with E-state index in [1.165, 1.54) is 12.1 Å². The zero-order chi connectivity index (χ0) is 16.2. The lowest BCUT2D eigenvalue weighted by atomic mass is 10.1. The minimum absolute atomic E-state index is 0.297. The third kappa shape index (κ3) is 3.40. The van der Waals surface area contributed by atoms with E-state index < -0.39 is 0 Å². The summed E-state index contributed by atoms with van der Waals surface area (Å²) in [6.45, 7) is 0. The molecule has 0 fully saturated rings. The molecule has 1 heterocycles. The molecule has 0 amide bonds. The summed E-state index contributed by atoms with van der Waals surface area (Å²) in [6.07, 6.45) is 1.69. The van der Waals surface area contributed by atoms with Gasteiger partial charge < -0.3 is 15.8 Å². The molecule has 1 aromatic heterocycles. The van der Waals surface area contributed by atoms with Crippen molar-refractivity contribution in [2.75, 3.05) is 18.2 Å². The van der Waals surface area contributed by atoms with E-state index in [9.17, 15) is 4.39 Å². The van der Waals surface area contributed by atoms with Crippen molar-refractivity contribution in [3.63, 3.8) is 0 Å². The Hall–Kier alpha value is -3.08. The highest BCUT2D eigenvalue weighted by atomic mass is 19.1. The number of aromatic nitrogens is 1. The topological polar surface area (TPSA) is 60.2 Å². The molecule has 0 saturated carbocycles. The van der Waals surface area contributed by atoms with E-state index >= 15 is 0 Å². The highest BCUT2D eigenvalue weighted by Crippen LogP contribution is 2.29. The Morgan fingerprint density at radius 1 is 1.04 bits per heavy atom. The highest BCUT2D eigenvalue weighted by Gasteiger charge is 2.05. The number of nitrogens with one attached hydrogen (secondary N) is 1. The zero-order valence-electron chi connectivity index (χ0n) is 12.6. The Balaban J connectivity index is 1.89. The van der Waals surface area contributed by atoms with E-state index in [1.54, 1.807) is 25.4 Å². The van der Waals surface area contributed by atoms with Gasteiger partial charge in [-0.25, -0.2) is 9.37 Å². The summed E-state index contributed by atoms with van der Waals surface area (Å²) in [5.41, 5.74) is 9.07. The molecule has 0 bridgehead atoms. The van der Waals surface area contributed by atoms with E-state index in [-0.39, 0.29) is 5.82 Å². The molecule has 3 aromatic rings. The van der Waals surface area contributed by atoms with Crippen molar-refractivity contribution in [3.05, 3.63) is 66.6 Å². The molecular formula is C18H16FN3O. The summed E-state index contributed by atoms with van der Waals surface area (Å²) in [5, 5.41) is 3.09. The zero-order valence-corrected chi connectivity index (χ0v) is 12.6. The third-order valence-corrected chi connectivity index (χ3v) is 3.42. The molecule has 4 nitrogen and oxygen atoms in total. The molecule has 0 radical (unpaired) electrons. The Kier molecular flexibility index (Phi) is 4.10. The first-order chi connectivity index (χ1) is 11.2. The summed E-state index contributed by atoms with van der Waals surface area (Å²) in [6, 6.07) is 15.6. The van der Waals surface area contributed by atoms with Crippen LogP contribution < -0.4 is 15.8 Å². The molecule has 116 valence electrons. The van der Waals surface area contributed by atoms with Gasteiger partial charge in [0.15, 0.2) is 0 Å².